The molecule has 0 radical (unpaired) electrons. The summed E-state index contributed by atoms with van der Waals surface area (Å²) >= 11 is 0. The fraction of sp³-hybridized carbons (Fsp3) is 0.133. The quantitative estimate of drug-likeness (QED) is 0.637. The van der Waals surface area contributed by atoms with E-state index in [4.69, 9.17) is 5.73 Å². The van der Waals surface area contributed by atoms with E-state index in [1.807, 2.05) is 13.0 Å². The van der Waals surface area contributed by atoms with E-state index in [2.05, 4.69) is 20.3 Å². The third kappa shape index (κ3) is 2.69. The molecule has 0 spiro atoms. The Hall–Kier alpha value is -2.89. The van der Waals surface area contributed by atoms with Gasteiger partial charge >= 0.3 is 0 Å². The molecule has 2 aromatic heterocycles. The monoisotopic (exact) mass is 281 g/mol. The molecule has 2 heterocycles. The number of nitrogen functional groups attached to an aromatic ring is 1. The highest BCUT2D eigenvalue weighted by Crippen LogP contribution is 2.20. The van der Waals surface area contributed by atoms with Crippen LogP contribution in [0.4, 0.5) is 5.69 Å². The predicted molar refractivity (Wildman–Crippen MR) is 80.7 cm³/mol. The zero-order valence-electron chi connectivity index (χ0n) is 11.6. The van der Waals surface area contributed by atoms with Crippen molar-refractivity contribution in [3.05, 3.63) is 53.7 Å². The smallest absolute Gasteiger partial charge is 0.253 e. The molecule has 0 aliphatic heterocycles. The van der Waals surface area contributed by atoms with Crippen molar-refractivity contribution in [2.24, 2.45) is 0 Å². The molecule has 0 aliphatic carbocycles. The van der Waals surface area contributed by atoms with Gasteiger partial charge in [0.1, 0.15) is 5.82 Å². The Balaban J connectivity index is 1.79. The first kappa shape index (κ1) is 13.1. The molecular weight excluding hydrogens is 266 g/mol. The molecule has 0 bridgehead atoms. The van der Waals surface area contributed by atoms with Crippen LogP contribution in [0.2, 0.25) is 0 Å². The van der Waals surface area contributed by atoms with Crippen LogP contribution in [0.25, 0.3) is 10.9 Å². The molecule has 21 heavy (non-hydrogen) atoms. The Labute approximate surface area is 121 Å². The average Bonchev–Trinajstić information content (AvgIpc) is 2.88. The summed E-state index contributed by atoms with van der Waals surface area (Å²) in [5.41, 5.74) is 8.63. The topological polar surface area (TPSA) is 96.7 Å². The molecule has 0 fully saturated rings. The number of aromatic nitrogens is 3. The molecule has 0 aliphatic rings. The average molecular weight is 281 g/mol. The highest BCUT2D eigenvalue weighted by atomic mass is 16.1. The van der Waals surface area contributed by atoms with Gasteiger partial charge in [-0.15, -0.1) is 0 Å². The number of hydrogen-bond donors (Lipinski definition) is 3. The van der Waals surface area contributed by atoms with Gasteiger partial charge < -0.3 is 16.0 Å². The summed E-state index contributed by atoms with van der Waals surface area (Å²) in [6.45, 7) is 2.17. The Morgan fingerprint density at radius 3 is 3.05 bits per heavy atom. The van der Waals surface area contributed by atoms with E-state index in [-0.39, 0.29) is 5.91 Å². The molecule has 106 valence electrons. The summed E-state index contributed by atoms with van der Waals surface area (Å²) in [5, 5.41) is 3.66. The van der Waals surface area contributed by atoms with E-state index in [0.29, 0.717) is 23.6 Å². The fourth-order valence-corrected chi connectivity index (χ4v) is 2.20. The van der Waals surface area contributed by atoms with Crippen molar-refractivity contribution >= 4 is 22.5 Å². The number of nitrogens with zero attached hydrogens (tertiary/aromatic N) is 2. The van der Waals surface area contributed by atoms with Gasteiger partial charge in [-0.05, 0) is 31.2 Å². The van der Waals surface area contributed by atoms with E-state index in [1.54, 1.807) is 30.6 Å². The number of fused-ring (bicyclic) bond motifs is 1. The number of benzene rings is 1. The number of rotatable bonds is 3. The SMILES string of the molecule is Cc1nccc(CNC(=O)c2c[nH]c3ccc(N)cc23)n1. The van der Waals surface area contributed by atoms with Crippen LogP contribution in [0, 0.1) is 6.92 Å². The van der Waals surface area contributed by atoms with Crippen molar-refractivity contribution in [1.82, 2.24) is 20.3 Å². The van der Waals surface area contributed by atoms with Gasteiger partial charge in [0, 0.05) is 29.0 Å². The predicted octanol–water partition coefficient (Wildman–Crippen LogP) is 1.78. The van der Waals surface area contributed by atoms with Crippen molar-refractivity contribution in [2.45, 2.75) is 13.5 Å². The summed E-state index contributed by atoms with van der Waals surface area (Å²) in [7, 11) is 0. The first-order valence-corrected chi connectivity index (χ1v) is 6.57. The Kier molecular flexibility index (Phi) is 3.27. The third-order valence-electron chi connectivity index (χ3n) is 3.21. The van der Waals surface area contributed by atoms with Crippen molar-refractivity contribution in [2.75, 3.05) is 5.73 Å². The highest BCUT2D eigenvalue weighted by molar-refractivity contribution is 6.07. The first-order chi connectivity index (χ1) is 10.1. The van der Waals surface area contributed by atoms with Crippen LogP contribution in [-0.2, 0) is 6.54 Å². The second-order valence-electron chi connectivity index (χ2n) is 4.79. The number of amides is 1. The molecule has 0 saturated heterocycles. The Morgan fingerprint density at radius 1 is 1.38 bits per heavy atom. The number of nitrogens with two attached hydrogens (primary N) is 1. The largest absolute Gasteiger partial charge is 0.399 e. The number of hydrogen-bond acceptors (Lipinski definition) is 4. The van der Waals surface area contributed by atoms with Crippen molar-refractivity contribution in [1.29, 1.82) is 0 Å². The molecule has 0 atom stereocenters. The second kappa shape index (κ2) is 5.24. The van der Waals surface area contributed by atoms with Crippen LogP contribution >= 0.6 is 0 Å². The van der Waals surface area contributed by atoms with Gasteiger partial charge in [0.05, 0.1) is 17.8 Å². The van der Waals surface area contributed by atoms with Crippen LogP contribution in [0.15, 0.2) is 36.7 Å². The maximum Gasteiger partial charge on any atom is 0.253 e. The molecule has 3 aromatic rings. The van der Waals surface area contributed by atoms with E-state index in [1.165, 1.54) is 0 Å². The van der Waals surface area contributed by atoms with Crippen LogP contribution < -0.4 is 11.1 Å². The normalized spacial score (nSPS) is 10.7. The maximum absolute atomic E-state index is 12.3. The standard InChI is InChI=1S/C15H15N5O/c1-9-17-5-4-11(20-9)7-19-15(21)13-8-18-14-3-2-10(16)6-12(13)14/h2-6,8,18H,7,16H2,1H3,(H,19,21). The lowest BCUT2D eigenvalue weighted by Crippen LogP contribution is -2.23. The van der Waals surface area contributed by atoms with Gasteiger partial charge in [0.25, 0.3) is 5.91 Å². The minimum atomic E-state index is -0.164. The van der Waals surface area contributed by atoms with Gasteiger partial charge in [-0.1, -0.05) is 0 Å². The van der Waals surface area contributed by atoms with Gasteiger partial charge in [-0.3, -0.25) is 4.79 Å². The summed E-state index contributed by atoms with van der Waals surface area (Å²) in [6.07, 6.45) is 3.36. The van der Waals surface area contributed by atoms with Crippen LogP contribution in [0.5, 0.6) is 0 Å². The molecule has 3 rings (SSSR count). The van der Waals surface area contributed by atoms with Crippen molar-refractivity contribution in [3.8, 4) is 0 Å². The zero-order chi connectivity index (χ0) is 14.8. The lowest BCUT2D eigenvalue weighted by Gasteiger charge is -2.04. The number of carbonyl (C=O) groups is 1. The van der Waals surface area contributed by atoms with Crippen molar-refractivity contribution < 1.29 is 4.79 Å². The second-order valence-corrected chi connectivity index (χ2v) is 4.79. The molecule has 0 saturated carbocycles. The number of aromatic amines is 1. The molecule has 4 N–H and O–H groups in total. The molecule has 6 heteroatoms. The first-order valence-electron chi connectivity index (χ1n) is 6.57. The molecule has 6 nitrogen and oxygen atoms in total. The Morgan fingerprint density at radius 2 is 2.24 bits per heavy atom. The highest BCUT2D eigenvalue weighted by Gasteiger charge is 2.12. The minimum absolute atomic E-state index is 0.164. The molecule has 1 amide bonds. The molecule has 1 aromatic carbocycles. The zero-order valence-corrected chi connectivity index (χ0v) is 11.6. The summed E-state index contributed by atoms with van der Waals surface area (Å²) in [4.78, 5) is 23.6. The summed E-state index contributed by atoms with van der Waals surface area (Å²) in [6, 6.07) is 7.22. The van der Waals surface area contributed by atoms with E-state index >= 15 is 0 Å². The lowest BCUT2D eigenvalue weighted by molar-refractivity contribution is 0.0952. The lowest BCUT2D eigenvalue weighted by atomic mass is 10.1. The summed E-state index contributed by atoms with van der Waals surface area (Å²) < 4.78 is 0. The van der Waals surface area contributed by atoms with Crippen molar-refractivity contribution in [3.63, 3.8) is 0 Å². The number of anilines is 1. The van der Waals surface area contributed by atoms with Crippen LogP contribution in [0.3, 0.4) is 0 Å². The van der Waals surface area contributed by atoms with Crippen LogP contribution in [0.1, 0.15) is 21.9 Å². The van der Waals surface area contributed by atoms with E-state index in [0.717, 1.165) is 16.6 Å². The fourth-order valence-electron chi connectivity index (χ4n) is 2.20. The minimum Gasteiger partial charge on any atom is -0.399 e. The Bertz CT molecular complexity index is 809. The molecular formula is C15H15N5O. The van der Waals surface area contributed by atoms with Gasteiger partial charge in [0.15, 0.2) is 0 Å². The number of aryl methyl sites for hydroxylation is 1. The van der Waals surface area contributed by atoms with E-state index in [9.17, 15) is 4.79 Å². The maximum atomic E-state index is 12.3. The van der Waals surface area contributed by atoms with Crippen LogP contribution in [-0.4, -0.2) is 20.9 Å². The number of carbonyl (C=O) groups excluding carboxylic acids is 1. The van der Waals surface area contributed by atoms with E-state index < -0.39 is 0 Å². The summed E-state index contributed by atoms with van der Waals surface area (Å²) in [5.74, 6) is 0.518. The van der Waals surface area contributed by atoms with Gasteiger partial charge in [0.2, 0.25) is 0 Å². The van der Waals surface area contributed by atoms with Gasteiger partial charge in [-0.25, -0.2) is 9.97 Å². The number of nitrogens with one attached hydrogen (secondary N) is 2. The third-order valence-corrected chi connectivity index (χ3v) is 3.21. The molecule has 0 unspecified atom stereocenters. The number of H-pyrrole nitrogens is 1. The van der Waals surface area contributed by atoms with Gasteiger partial charge in [-0.2, -0.15) is 0 Å².